The summed E-state index contributed by atoms with van der Waals surface area (Å²) in [6, 6.07) is 6.00. The molecule has 1 heterocycles. The van der Waals surface area contributed by atoms with Crippen molar-refractivity contribution in [2.75, 3.05) is 13.2 Å². The monoisotopic (exact) mass is 575 g/mol. The molecular formula is C24H37N3O9S2. The van der Waals surface area contributed by atoms with E-state index in [1.165, 1.54) is 0 Å². The third kappa shape index (κ3) is 9.33. The predicted octanol–water partition coefficient (Wildman–Crippen LogP) is 0.931. The Morgan fingerprint density at radius 1 is 1.21 bits per heavy atom. The van der Waals surface area contributed by atoms with Crippen molar-refractivity contribution in [2.24, 2.45) is 11.8 Å². The third-order valence-electron chi connectivity index (χ3n) is 6.00. The van der Waals surface area contributed by atoms with Crippen molar-refractivity contribution in [2.45, 2.75) is 74.1 Å². The molecule has 5 N–H and O–H groups in total. The number of carbonyl (C=O) groups is 3. The van der Waals surface area contributed by atoms with Crippen LogP contribution in [0.3, 0.4) is 0 Å². The van der Waals surface area contributed by atoms with Gasteiger partial charge in [-0.1, -0.05) is 32.0 Å². The number of amides is 3. The molecule has 0 aliphatic carbocycles. The molecule has 1 saturated heterocycles. The van der Waals surface area contributed by atoms with Gasteiger partial charge in [-0.15, -0.1) is 0 Å². The maximum atomic E-state index is 13.1. The summed E-state index contributed by atoms with van der Waals surface area (Å²) in [5.74, 6) is -1.94. The molecule has 0 radical (unpaired) electrons. The molecule has 214 valence electrons. The number of carbonyl (C=O) groups excluding carboxylic acids is 3. The molecule has 14 heteroatoms. The van der Waals surface area contributed by atoms with E-state index in [4.69, 9.17) is 4.74 Å². The highest BCUT2D eigenvalue weighted by Gasteiger charge is 2.38. The van der Waals surface area contributed by atoms with Gasteiger partial charge < -0.3 is 25.8 Å². The van der Waals surface area contributed by atoms with Crippen molar-refractivity contribution in [3.63, 3.8) is 0 Å². The summed E-state index contributed by atoms with van der Waals surface area (Å²) in [5.41, 5.74) is -2.37. The minimum Gasteiger partial charge on any atom is -0.448 e. The van der Waals surface area contributed by atoms with E-state index in [1.54, 1.807) is 58.0 Å². The van der Waals surface area contributed by atoms with Gasteiger partial charge in [0.05, 0.1) is 21.6 Å². The van der Waals surface area contributed by atoms with Crippen molar-refractivity contribution in [3.8, 4) is 0 Å². The van der Waals surface area contributed by atoms with Crippen LogP contribution < -0.4 is 16.0 Å². The minimum absolute atomic E-state index is 0.0846. The Morgan fingerprint density at radius 2 is 1.84 bits per heavy atom. The lowest BCUT2D eigenvalue weighted by Crippen LogP contribution is -2.55. The quantitative estimate of drug-likeness (QED) is 0.213. The fraction of sp³-hybridized carbons (Fsp3) is 0.625. The number of hydrogen-bond acceptors (Lipinski definition) is 8. The molecule has 1 fully saturated rings. The van der Waals surface area contributed by atoms with Gasteiger partial charge in [0.1, 0.15) is 12.6 Å². The number of hydrogen-bond donors (Lipinski definition) is 5. The lowest BCUT2D eigenvalue weighted by molar-refractivity contribution is -0.126. The molecule has 0 saturated carbocycles. The average Bonchev–Trinajstić information content (AvgIpc) is 3.24. The van der Waals surface area contributed by atoms with E-state index >= 15 is 0 Å². The summed E-state index contributed by atoms with van der Waals surface area (Å²) in [7, 11) is -6.46. The topological polar surface area (TPSA) is 188 Å². The van der Waals surface area contributed by atoms with Crippen LogP contribution in [0.4, 0.5) is 4.79 Å². The maximum Gasteiger partial charge on any atom is 0.407 e. The van der Waals surface area contributed by atoms with Crippen molar-refractivity contribution < 1.29 is 41.4 Å². The van der Waals surface area contributed by atoms with E-state index < -0.39 is 61.1 Å². The Morgan fingerprint density at radius 3 is 2.37 bits per heavy atom. The predicted molar refractivity (Wildman–Crippen MR) is 140 cm³/mol. The van der Waals surface area contributed by atoms with Crippen molar-refractivity contribution in [1.29, 1.82) is 0 Å². The van der Waals surface area contributed by atoms with Gasteiger partial charge in [0, 0.05) is 17.4 Å². The molecule has 0 aromatic heterocycles. The van der Waals surface area contributed by atoms with Crippen molar-refractivity contribution in [1.82, 2.24) is 16.0 Å². The highest BCUT2D eigenvalue weighted by Crippen LogP contribution is 2.22. The largest absolute Gasteiger partial charge is 0.448 e. The molecule has 1 aromatic rings. The van der Waals surface area contributed by atoms with Crippen molar-refractivity contribution >= 4 is 38.8 Å². The molecule has 38 heavy (non-hydrogen) atoms. The second kappa shape index (κ2) is 13.5. The summed E-state index contributed by atoms with van der Waals surface area (Å²) in [4.78, 5) is 38.2. The standard InChI is InChI=1S/C24H37N3O9S2/c1-15(2)12-18(27-23(31)36-14-24(3,4)37(32)17-8-6-5-7-9-17)21(29)26-19(22(30)38(33,34)35)13-16-10-11-25-20(16)28/h5-9,15-16,18-19,22,30H,10-14H2,1-4H3,(H,25,28)(H,26,29)(H,27,31)(H,33,34,35)/t16-,18-,19-,22-,37-/m0/s1. The normalized spacial score (nSPS) is 19.2. The van der Waals surface area contributed by atoms with Crippen LogP contribution in [0.5, 0.6) is 0 Å². The van der Waals surface area contributed by atoms with Crippen LogP contribution in [0.2, 0.25) is 0 Å². The molecule has 0 spiro atoms. The first-order valence-electron chi connectivity index (χ1n) is 12.2. The summed E-state index contributed by atoms with van der Waals surface area (Å²) in [6.45, 7) is 7.07. The maximum absolute atomic E-state index is 13.1. The van der Waals surface area contributed by atoms with E-state index in [0.717, 1.165) is 0 Å². The molecule has 0 bridgehead atoms. The van der Waals surface area contributed by atoms with Crippen LogP contribution in [-0.2, 0) is 35.2 Å². The van der Waals surface area contributed by atoms with Gasteiger partial charge in [0.25, 0.3) is 10.1 Å². The first kappa shape index (κ1) is 31.7. The van der Waals surface area contributed by atoms with Crippen LogP contribution >= 0.6 is 0 Å². The van der Waals surface area contributed by atoms with Crippen LogP contribution in [0.25, 0.3) is 0 Å². The highest BCUT2D eigenvalue weighted by atomic mass is 32.2. The molecule has 2 rings (SSSR count). The Hall–Kier alpha value is -2.55. The van der Waals surface area contributed by atoms with Gasteiger partial charge in [-0.25, -0.2) is 4.79 Å². The van der Waals surface area contributed by atoms with E-state index in [2.05, 4.69) is 16.0 Å². The van der Waals surface area contributed by atoms with Crippen LogP contribution in [0.1, 0.15) is 47.0 Å². The average molecular weight is 576 g/mol. The number of benzene rings is 1. The molecule has 1 aliphatic rings. The zero-order chi connectivity index (χ0) is 28.7. The van der Waals surface area contributed by atoms with E-state index in [-0.39, 0.29) is 31.3 Å². The fourth-order valence-corrected chi connectivity index (χ4v) is 5.76. The molecule has 5 atom stereocenters. The van der Waals surface area contributed by atoms with Crippen LogP contribution in [0, 0.1) is 11.8 Å². The minimum atomic E-state index is -4.97. The summed E-state index contributed by atoms with van der Waals surface area (Å²) in [5, 5.41) is 17.6. The third-order valence-corrected chi connectivity index (χ3v) is 8.76. The zero-order valence-electron chi connectivity index (χ0n) is 21.9. The second-order valence-corrected chi connectivity index (χ2v) is 13.9. The Bertz CT molecular complexity index is 1110. The van der Waals surface area contributed by atoms with E-state index in [0.29, 0.717) is 17.9 Å². The van der Waals surface area contributed by atoms with Gasteiger partial charge in [0.15, 0.2) is 0 Å². The summed E-state index contributed by atoms with van der Waals surface area (Å²) >= 11 is 0. The van der Waals surface area contributed by atoms with Gasteiger partial charge in [-0.05, 0) is 51.2 Å². The Balaban J connectivity index is 2.09. The molecule has 1 aliphatic heterocycles. The number of ether oxygens (including phenoxy) is 1. The summed E-state index contributed by atoms with van der Waals surface area (Å²) < 4.78 is 49.8. The van der Waals surface area contributed by atoms with Gasteiger partial charge >= 0.3 is 6.09 Å². The SMILES string of the molecule is CC(C)C[C@H](NC(=O)OCC(C)(C)[S@@](=O)c1ccccc1)C(=O)N[C@@H](C[C@@H]1CCNC1=O)[C@@H](O)S(=O)(=O)O. The van der Waals surface area contributed by atoms with Crippen LogP contribution in [-0.4, -0.2) is 75.6 Å². The fourth-order valence-electron chi connectivity index (χ4n) is 3.96. The smallest absolute Gasteiger partial charge is 0.407 e. The highest BCUT2D eigenvalue weighted by molar-refractivity contribution is 7.86. The van der Waals surface area contributed by atoms with Crippen molar-refractivity contribution in [3.05, 3.63) is 30.3 Å². The zero-order valence-corrected chi connectivity index (χ0v) is 23.5. The number of aliphatic hydroxyl groups is 1. The van der Waals surface area contributed by atoms with Crippen LogP contribution in [0.15, 0.2) is 35.2 Å². The molecule has 12 nitrogen and oxygen atoms in total. The molecule has 3 amide bonds. The molecule has 0 unspecified atom stereocenters. The Labute approximate surface area is 225 Å². The number of rotatable bonds is 13. The van der Waals surface area contributed by atoms with E-state index in [1.807, 2.05) is 0 Å². The Kier molecular flexibility index (Phi) is 11.2. The van der Waals surface area contributed by atoms with E-state index in [9.17, 15) is 36.7 Å². The number of nitrogens with one attached hydrogen (secondary N) is 3. The first-order chi connectivity index (χ1) is 17.6. The van der Waals surface area contributed by atoms with Gasteiger partial charge in [-0.3, -0.25) is 18.4 Å². The second-order valence-electron chi connectivity index (χ2n) is 10.3. The number of aliphatic hydroxyl groups excluding tert-OH is 1. The lowest BCUT2D eigenvalue weighted by Gasteiger charge is -2.28. The molecule has 1 aromatic carbocycles. The molecular weight excluding hydrogens is 538 g/mol. The summed E-state index contributed by atoms with van der Waals surface area (Å²) in [6.07, 6.45) is -0.690. The van der Waals surface area contributed by atoms with Gasteiger partial charge in [-0.2, -0.15) is 8.42 Å². The number of alkyl carbamates (subject to hydrolysis) is 1. The first-order valence-corrected chi connectivity index (χ1v) is 14.9. The van der Waals surface area contributed by atoms with Gasteiger partial charge in [0.2, 0.25) is 17.3 Å². The lowest BCUT2D eigenvalue weighted by atomic mass is 9.97.